The number of piperazine rings is 1. The van der Waals surface area contributed by atoms with Crippen molar-refractivity contribution in [2.75, 3.05) is 51.8 Å². The summed E-state index contributed by atoms with van der Waals surface area (Å²) in [6.45, 7) is 7.89. The van der Waals surface area contributed by atoms with Gasteiger partial charge in [-0.15, -0.1) is 24.0 Å². The molecule has 1 aliphatic heterocycles. The van der Waals surface area contributed by atoms with Crippen LogP contribution in [0.3, 0.4) is 0 Å². The van der Waals surface area contributed by atoms with E-state index in [0.29, 0.717) is 5.92 Å². The lowest BCUT2D eigenvalue weighted by Crippen LogP contribution is -2.53. The molecule has 1 unspecified atom stereocenters. The molecule has 0 saturated carbocycles. The molecule has 1 aromatic heterocycles. The fourth-order valence-corrected chi connectivity index (χ4v) is 3.36. The van der Waals surface area contributed by atoms with E-state index in [1.54, 1.807) is 7.11 Å². The van der Waals surface area contributed by atoms with E-state index in [2.05, 4.69) is 44.3 Å². The van der Waals surface area contributed by atoms with Gasteiger partial charge < -0.3 is 19.9 Å². The van der Waals surface area contributed by atoms with Gasteiger partial charge in [0.1, 0.15) is 5.75 Å². The van der Waals surface area contributed by atoms with Crippen molar-refractivity contribution in [1.82, 2.24) is 20.0 Å². The van der Waals surface area contributed by atoms with E-state index in [9.17, 15) is 0 Å². The van der Waals surface area contributed by atoms with E-state index in [-0.39, 0.29) is 24.0 Å². The Balaban J connectivity index is 0.00000280. The minimum atomic E-state index is 0. The molecule has 0 spiro atoms. The number of nitrogens with zero attached hydrogens (tertiary/aromatic N) is 5. The van der Waals surface area contributed by atoms with Crippen LogP contribution in [0.5, 0.6) is 5.75 Å². The lowest BCUT2D eigenvalue weighted by molar-refractivity contribution is 0.364. The maximum absolute atomic E-state index is 5.24. The van der Waals surface area contributed by atoms with Crippen LogP contribution in [-0.2, 0) is 6.54 Å². The lowest BCUT2D eigenvalue weighted by Gasteiger charge is -2.38. The zero-order chi connectivity index (χ0) is 19.1. The SMILES string of the molecule is CN=C(NCC(C)Cn1cccn1)N1CCN(c2ccc(OC)cc2)CC1.I. The van der Waals surface area contributed by atoms with Gasteiger partial charge in [0.25, 0.3) is 0 Å². The molecule has 0 radical (unpaired) electrons. The topological polar surface area (TPSA) is 57.9 Å². The number of halogens is 1. The number of rotatable bonds is 6. The first-order valence-corrected chi connectivity index (χ1v) is 9.51. The number of anilines is 1. The summed E-state index contributed by atoms with van der Waals surface area (Å²) >= 11 is 0. The number of aliphatic imine (C=N–C) groups is 1. The molecule has 2 aromatic rings. The first-order chi connectivity index (χ1) is 13.2. The average Bonchev–Trinajstić information content (AvgIpc) is 3.22. The summed E-state index contributed by atoms with van der Waals surface area (Å²) < 4.78 is 7.22. The summed E-state index contributed by atoms with van der Waals surface area (Å²) in [5.74, 6) is 2.35. The molecule has 0 aliphatic carbocycles. The molecule has 1 aromatic carbocycles. The van der Waals surface area contributed by atoms with Gasteiger partial charge in [0.15, 0.2) is 5.96 Å². The summed E-state index contributed by atoms with van der Waals surface area (Å²) in [5.41, 5.74) is 1.24. The highest BCUT2D eigenvalue weighted by molar-refractivity contribution is 14.0. The maximum atomic E-state index is 5.24. The summed E-state index contributed by atoms with van der Waals surface area (Å²) in [6.07, 6.45) is 3.82. The molecular formula is C20H31IN6O. The lowest BCUT2D eigenvalue weighted by atomic mass is 10.2. The molecule has 0 bridgehead atoms. The molecular weight excluding hydrogens is 467 g/mol. The van der Waals surface area contributed by atoms with Crippen molar-refractivity contribution in [3.05, 3.63) is 42.7 Å². The fraction of sp³-hybridized carbons (Fsp3) is 0.500. The van der Waals surface area contributed by atoms with Gasteiger partial charge in [0.05, 0.1) is 7.11 Å². The Kier molecular flexibility index (Phi) is 8.88. The number of aromatic nitrogens is 2. The molecule has 2 heterocycles. The van der Waals surface area contributed by atoms with Crippen LogP contribution in [0.1, 0.15) is 6.92 Å². The van der Waals surface area contributed by atoms with Gasteiger partial charge in [-0.2, -0.15) is 5.10 Å². The van der Waals surface area contributed by atoms with Gasteiger partial charge in [-0.3, -0.25) is 9.67 Å². The zero-order valence-corrected chi connectivity index (χ0v) is 19.2. The quantitative estimate of drug-likeness (QED) is 0.377. The smallest absolute Gasteiger partial charge is 0.193 e. The molecule has 1 fully saturated rings. The van der Waals surface area contributed by atoms with Crippen LogP contribution in [0.15, 0.2) is 47.7 Å². The standard InChI is InChI=1S/C20H30N6O.HI/c1-17(16-26-10-4-9-23-26)15-22-20(21-2)25-13-11-24(12-14-25)18-5-7-19(27-3)8-6-18;/h4-10,17H,11-16H2,1-3H3,(H,21,22);1H. The minimum Gasteiger partial charge on any atom is -0.497 e. The first kappa shape index (κ1) is 22.3. The summed E-state index contributed by atoms with van der Waals surface area (Å²) in [7, 11) is 3.55. The van der Waals surface area contributed by atoms with E-state index in [1.165, 1.54) is 5.69 Å². The number of ether oxygens (including phenoxy) is 1. The van der Waals surface area contributed by atoms with Gasteiger partial charge in [-0.05, 0) is 36.2 Å². The molecule has 7 nitrogen and oxygen atoms in total. The molecule has 3 rings (SSSR count). The van der Waals surface area contributed by atoms with Gasteiger partial charge in [0.2, 0.25) is 0 Å². The van der Waals surface area contributed by atoms with Crippen LogP contribution in [-0.4, -0.2) is 67.5 Å². The molecule has 1 N–H and O–H groups in total. The number of methoxy groups -OCH3 is 1. The summed E-state index contributed by atoms with van der Waals surface area (Å²) in [4.78, 5) is 9.22. The third kappa shape index (κ3) is 6.02. The van der Waals surface area contributed by atoms with Crippen LogP contribution in [0.25, 0.3) is 0 Å². The highest BCUT2D eigenvalue weighted by atomic mass is 127. The highest BCUT2D eigenvalue weighted by Crippen LogP contribution is 2.20. The van der Waals surface area contributed by atoms with Gasteiger partial charge in [-0.25, -0.2) is 0 Å². The second-order valence-electron chi connectivity index (χ2n) is 6.93. The molecule has 1 saturated heterocycles. The van der Waals surface area contributed by atoms with Gasteiger partial charge in [-0.1, -0.05) is 6.92 Å². The second kappa shape index (κ2) is 11.1. The van der Waals surface area contributed by atoms with Crippen molar-refractivity contribution in [2.24, 2.45) is 10.9 Å². The third-order valence-corrected chi connectivity index (χ3v) is 4.90. The predicted molar refractivity (Wildman–Crippen MR) is 125 cm³/mol. The molecule has 8 heteroatoms. The zero-order valence-electron chi connectivity index (χ0n) is 16.9. The molecule has 154 valence electrons. The van der Waals surface area contributed by atoms with Crippen molar-refractivity contribution in [3.63, 3.8) is 0 Å². The van der Waals surface area contributed by atoms with E-state index >= 15 is 0 Å². The average molecular weight is 498 g/mol. The summed E-state index contributed by atoms with van der Waals surface area (Å²) in [5, 5.41) is 7.80. The third-order valence-electron chi connectivity index (χ3n) is 4.90. The number of nitrogens with one attached hydrogen (secondary N) is 1. The molecule has 28 heavy (non-hydrogen) atoms. The normalized spacial score (nSPS) is 15.8. The van der Waals surface area contributed by atoms with E-state index < -0.39 is 0 Å². The Morgan fingerprint density at radius 3 is 2.50 bits per heavy atom. The Hall–Kier alpha value is -1.97. The Morgan fingerprint density at radius 2 is 1.93 bits per heavy atom. The van der Waals surface area contributed by atoms with Gasteiger partial charge in [0, 0.05) is 64.4 Å². The Morgan fingerprint density at radius 1 is 1.21 bits per heavy atom. The number of benzene rings is 1. The van der Waals surface area contributed by atoms with Crippen molar-refractivity contribution in [1.29, 1.82) is 0 Å². The van der Waals surface area contributed by atoms with E-state index in [0.717, 1.165) is 51.0 Å². The van der Waals surface area contributed by atoms with Gasteiger partial charge >= 0.3 is 0 Å². The largest absolute Gasteiger partial charge is 0.497 e. The molecule has 1 aliphatic rings. The van der Waals surface area contributed by atoms with Crippen molar-refractivity contribution in [2.45, 2.75) is 13.5 Å². The molecule has 0 amide bonds. The van der Waals surface area contributed by atoms with Crippen LogP contribution in [0, 0.1) is 5.92 Å². The van der Waals surface area contributed by atoms with Crippen LogP contribution in [0.2, 0.25) is 0 Å². The Bertz CT molecular complexity index is 711. The number of hydrogen-bond donors (Lipinski definition) is 1. The van der Waals surface area contributed by atoms with E-state index in [4.69, 9.17) is 4.74 Å². The number of hydrogen-bond acceptors (Lipinski definition) is 4. The number of guanidine groups is 1. The van der Waals surface area contributed by atoms with E-state index in [1.807, 2.05) is 42.3 Å². The van der Waals surface area contributed by atoms with Crippen molar-refractivity contribution in [3.8, 4) is 5.75 Å². The van der Waals surface area contributed by atoms with Crippen LogP contribution in [0.4, 0.5) is 5.69 Å². The van der Waals surface area contributed by atoms with Crippen LogP contribution < -0.4 is 15.0 Å². The highest BCUT2D eigenvalue weighted by Gasteiger charge is 2.20. The monoisotopic (exact) mass is 498 g/mol. The van der Waals surface area contributed by atoms with Crippen molar-refractivity contribution >= 4 is 35.6 Å². The van der Waals surface area contributed by atoms with Crippen LogP contribution >= 0.6 is 24.0 Å². The predicted octanol–water partition coefficient (Wildman–Crippen LogP) is 2.54. The maximum Gasteiger partial charge on any atom is 0.193 e. The van der Waals surface area contributed by atoms with Crippen molar-refractivity contribution < 1.29 is 4.74 Å². The minimum absolute atomic E-state index is 0. The Labute approximate surface area is 184 Å². The summed E-state index contributed by atoms with van der Waals surface area (Å²) in [6, 6.07) is 10.2. The fourth-order valence-electron chi connectivity index (χ4n) is 3.36. The second-order valence-corrected chi connectivity index (χ2v) is 6.93. The molecule has 1 atom stereocenters. The first-order valence-electron chi connectivity index (χ1n) is 9.51.